The van der Waals surface area contributed by atoms with Crippen molar-refractivity contribution in [3.8, 4) is 0 Å². The smallest absolute Gasteiger partial charge is 0.186 e. The van der Waals surface area contributed by atoms with E-state index >= 15 is 0 Å². The number of nitrogens with two attached hydrogens (primary N) is 1. The van der Waals surface area contributed by atoms with Gasteiger partial charge in [-0.3, -0.25) is 0 Å². The number of hydrogen-bond acceptors (Lipinski definition) is 4. The van der Waals surface area contributed by atoms with Gasteiger partial charge in [-0.25, -0.2) is 4.98 Å². The average Bonchev–Trinajstić information content (AvgIpc) is 2.77. The zero-order chi connectivity index (χ0) is 14.2. The Kier molecular flexibility index (Phi) is 4.51. The third kappa shape index (κ3) is 2.95. The molecule has 108 valence electrons. The van der Waals surface area contributed by atoms with Gasteiger partial charge in [-0.2, -0.15) is 0 Å². The van der Waals surface area contributed by atoms with Crippen LogP contribution in [-0.4, -0.2) is 17.6 Å². The standard InChI is InChI=1S/C15H27N3S/c1-9(2)14-13(7-16)19-15(17-14)18-8-10(3)6-11(4)12(18)5/h9-12H,6-8,16H2,1-5H3. The van der Waals surface area contributed by atoms with Crippen molar-refractivity contribution in [1.82, 2.24) is 4.98 Å². The van der Waals surface area contributed by atoms with Gasteiger partial charge in [-0.15, -0.1) is 11.3 Å². The topological polar surface area (TPSA) is 42.2 Å². The molecule has 1 saturated heterocycles. The molecule has 19 heavy (non-hydrogen) atoms. The summed E-state index contributed by atoms with van der Waals surface area (Å²) >= 11 is 1.79. The average molecular weight is 281 g/mol. The van der Waals surface area contributed by atoms with Crippen molar-refractivity contribution in [3.63, 3.8) is 0 Å². The van der Waals surface area contributed by atoms with Crippen molar-refractivity contribution in [3.05, 3.63) is 10.6 Å². The first-order valence-corrected chi connectivity index (χ1v) is 8.22. The van der Waals surface area contributed by atoms with E-state index in [0.717, 1.165) is 18.4 Å². The van der Waals surface area contributed by atoms with Crippen molar-refractivity contribution >= 4 is 16.5 Å². The zero-order valence-corrected chi connectivity index (χ0v) is 13.6. The van der Waals surface area contributed by atoms with Crippen LogP contribution in [0.2, 0.25) is 0 Å². The highest BCUT2D eigenvalue weighted by Gasteiger charge is 2.31. The molecule has 0 radical (unpaired) electrons. The summed E-state index contributed by atoms with van der Waals surface area (Å²) in [5.74, 6) is 1.94. The Labute approximate surface area is 121 Å². The molecule has 0 aliphatic carbocycles. The highest BCUT2D eigenvalue weighted by molar-refractivity contribution is 7.15. The highest BCUT2D eigenvalue weighted by Crippen LogP contribution is 2.36. The predicted molar refractivity (Wildman–Crippen MR) is 83.8 cm³/mol. The van der Waals surface area contributed by atoms with Gasteiger partial charge in [0.15, 0.2) is 5.13 Å². The molecule has 0 saturated carbocycles. The fraction of sp³-hybridized carbons (Fsp3) is 0.800. The van der Waals surface area contributed by atoms with Gasteiger partial charge in [0.05, 0.1) is 5.69 Å². The van der Waals surface area contributed by atoms with Gasteiger partial charge in [0.1, 0.15) is 0 Å². The van der Waals surface area contributed by atoms with Crippen LogP contribution in [0.5, 0.6) is 0 Å². The molecule has 1 aromatic heterocycles. The number of thiazole rings is 1. The van der Waals surface area contributed by atoms with E-state index in [1.165, 1.54) is 22.1 Å². The van der Waals surface area contributed by atoms with Crippen LogP contribution in [0.15, 0.2) is 0 Å². The van der Waals surface area contributed by atoms with Gasteiger partial charge in [-0.1, -0.05) is 27.7 Å². The minimum atomic E-state index is 0.457. The SMILES string of the molecule is CC1CC(C)C(C)N(c2nc(C(C)C)c(CN)s2)C1. The molecule has 3 nitrogen and oxygen atoms in total. The monoisotopic (exact) mass is 281 g/mol. The molecule has 2 rings (SSSR count). The Morgan fingerprint density at radius 3 is 2.58 bits per heavy atom. The number of hydrogen-bond donors (Lipinski definition) is 1. The lowest BCUT2D eigenvalue weighted by Crippen LogP contribution is -2.45. The third-order valence-corrected chi connectivity index (χ3v) is 5.42. The summed E-state index contributed by atoms with van der Waals surface area (Å²) in [5, 5.41) is 1.18. The van der Waals surface area contributed by atoms with Gasteiger partial charge < -0.3 is 10.6 Å². The van der Waals surface area contributed by atoms with Crippen molar-refractivity contribution < 1.29 is 0 Å². The second-order valence-corrected chi connectivity index (χ2v) is 7.44. The van der Waals surface area contributed by atoms with Crippen LogP contribution in [-0.2, 0) is 6.54 Å². The summed E-state index contributed by atoms with van der Waals surface area (Å²) in [6, 6.07) is 0.577. The zero-order valence-electron chi connectivity index (χ0n) is 12.8. The summed E-state index contributed by atoms with van der Waals surface area (Å²) in [4.78, 5) is 8.64. The molecule has 2 heterocycles. The summed E-state index contributed by atoms with van der Waals surface area (Å²) in [6.45, 7) is 13.2. The molecule has 0 spiro atoms. The van der Waals surface area contributed by atoms with Gasteiger partial charge >= 0.3 is 0 Å². The quantitative estimate of drug-likeness (QED) is 0.920. The Morgan fingerprint density at radius 1 is 1.37 bits per heavy atom. The summed E-state index contributed by atoms with van der Waals surface area (Å²) in [7, 11) is 0. The minimum absolute atomic E-state index is 0.457. The van der Waals surface area contributed by atoms with Gasteiger partial charge in [0, 0.05) is 24.0 Å². The van der Waals surface area contributed by atoms with E-state index in [-0.39, 0.29) is 0 Å². The first-order chi connectivity index (χ1) is 8.93. The third-order valence-electron chi connectivity index (χ3n) is 4.29. The first-order valence-electron chi connectivity index (χ1n) is 7.40. The Bertz CT molecular complexity index is 427. The maximum atomic E-state index is 5.87. The number of anilines is 1. The van der Waals surface area contributed by atoms with Crippen molar-refractivity contribution in [1.29, 1.82) is 0 Å². The van der Waals surface area contributed by atoms with Crippen LogP contribution in [0, 0.1) is 11.8 Å². The van der Waals surface area contributed by atoms with E-state index < -0.39 is 0 Å². The van der Waals surface area contributed by atoms with Crippen LogP contribution < -0.4 is 10.6 Å². The predicted octanol–water partition coefficient (Wildman–Crippen LogP) is 3.60. The van der Waals surface area contributed by atoms with E-state index in [9.17, 15) is 0 Å². The van der Waals surface area contributed by atoms with E-state index in [2.05, 4.69) is 39.5 Å². The molecule has 0 aromatic carbocycles. The van der Waals surface area contributed by atoms with Crippen molar-refractivity contribution in [2.45, 2.75) is 59.5 Å². The fourth-order valence-electron chi connectivity index (χ4n) is 3.04. The molecular formula is C15H27N3S. The lowest BCUT2D eigenvalue weighted by atomic mass is 9.86. The van der Waals surface area contributed by atoms with E-state index in [1.54, 1.807) is 11.3 Å². The second kappa shape index (κ2) is 5.80. The molecular weight excluding hydrogens is 254 g/mol. The summed E-state index contributed by atoms with van der Waals surface area (Å²) < 4.78 is 0. The highest BCUT2D eigenvalue weighted by atomic mass is 32.1. The Morgan fingerprint density at radius 2 is 2.05 bits per heavy atom. The van der Waals surface area contributed by atoms with E-state index in [0.29, 0.717) is 18.5 Å². The molecule has 1 fully saturated rings. The van der Waals surface area contributed by atoms with Crippen LogP contribution >= 0.6 is 11.3 Å². The molecule has 0 amide bonds. The molecule has 0 bridgehead atoms. The molecule has 1 aliphatic rings. The van der Waals surface area contributed by atoms with Crippen LogP contribution in [0.25, 0.3) is 0 Å². The first kappa shape index (κ1) is 14.8. The van der Waals surface area contributed by atoms with Gasteiger partial charge in [0.25, 0.3) is 0 Å². The summed E-state index contributed by atoms with van der Waals surface area (Å²) in [6.07, 6.45) is 1.32. The number of nitrogens with zero attached hydrogens (tertiary/aromatic N) is 2. The maximum Gasteiger partial charge on any atom is 0.186 e. The maximum absolute atomic E-state index is 5.87. The number of aromatic nitrogens is 1. The molecule has 3 unspecified atom stereocenters. The van der Waals surface area contributed by atoms with Crippen molar-refractivity contribution in [2.24, 2.45) is 17.6 Å². The fourth-order valence-corrected chi connectivity index (χ4v) is 4.23. The summed E-state index contributed by atoms with van der Waals surface area (Å²) in [5.41, 5.74) is 7.07. The van der Waals surface area contributed by atoms with Crippen LogP contribution in [0.3, 0.4) is 0 Å². The minimum Gasteiger partial charge on any atom is -0.345 e. The van der Waals surface area contributed by atoms with Crippen LogP contribution in [0.1, 0.15) is 57.5 Å². The normalized spacial score (nSPS) is 28.2. The second-order valence-electron chi connectivity index (χ2n) is 6.37. The molecule has 1 aromatic rings. The largest absolute Gasteiger partial charge is 0.345 e. The van der Waals surface area contributed by atoms with Crippen LogP contribution in [0.4, 0.5) is 5.13 Å². The van der Waals surface area contributed by atoms with Crippen molar-refractivity contribution in [2.75, 3.05) is 11.4 Å². The molecule has 4 heteroatoms. The molecule has 1 aliphatic heterocycles. The van der Waals surface area contributed by atoms with E-state index in [4.69, 9.17) is 10.7 Å². The Hall–Kier alpha value is -0.610. The molecule has 2 N–H and O–H groups in total. The van der Waals surface area contributed by atoms with Gasteiger partial charge in [-0.05, 0) is 31.1 Å². The van der Waals surface area contributed by atoms with Gasteiger partial charge in [0.2, 0.25) is 0 Å². The Balaban J connectivity index is 2.30. The number of rotatable bonds is 3. The molecule has 3 atom stereocenters. The lowest BCUT2D eigenvalue weighted by Gasteiger charge is -2.41. The van der Waals surface area contributed by atoms with E-state index in [1.807, 2.05) is 0 Å². The lowest BCUT2D eigenvalue weighted by molar-refractivity contribution is 0.296. The number of piperidine rings is 1.